The van der Waals surface area contributed by atoms with Crippen LogP contribution in [0, 0.1) is 5.21 Å². The summed E-state index contributed by atoms with van der Waals surface area (Å²) in [5.74, 6) is 0.189. The molecule has 0 amide bonds. The molecule has 0 aliphatic carbocycles. The fourth-order valence-electron chi connectivity index (χ4n) is 1.87. The standard InChI is InChI=1S/C12H9N3O2/c16-14-10-3-1-2-4-11(10)15(17)12(14)9-5-7-13-8-6-9/h1-8,16H. The highest BCUT2D eigenvalue weighted by Crippen LogP contribution is 2.20. The van der Waals surface area contributed by atoms with Gasteiger partial charge < -0.3 is 10.4 Å². The second-order valence-electron chi connectivity index (χ2n) is 3.65. The van der Waals surface area contributed by atoms with Crippen LogP contribution in [0.4, 0.5) is 0 Å². The van der Waals surface area contributed by atoms with E-state index in [1.54, 1.807) is 48.8 Å². The fraction of sp³-hybridized carbons (Fsp3) is 0. The van der Waals surface area contributed by atoms with Crippen LogP contribution < -0.4 is 4.73 Å². The smallest absolute Gasteiger partial charge is 0.332 e. The molecule has 0 saturated heterocycles. The number of hydrogen-bond donors (Lipinski definition) is 1. The monoisotopic (exact) mass is 227 g/mol. The van der Waals surface area contributed by atoms with Crippen LogP contribution in [-0.4, -0.2) is 14.9 Å². The van der Waals surface area contributed by atoms with Gasteiger partial charge in [-0.3, -0.25) is 4.98 Å². The largest absolute Gasteiger partial charge is 0.710 e. The van der Waals surface area contributed by atoms with Gasteiger partial charge in [-0.05, 0) is 29.0 Å². The molecule has 0 radical (unpaired) electrons. The predicted octanol–water partition coefficient (Wildman–Crippen LogP) is 1.57. The molecule has 0 aliphatic heterocycles. The summed E-state index contributed by atoms with van der Waals surface area (Å²) in [5.41, 5.74) is 1.53. The Bertz CT molecular complexity index is 638. The molecule has 0 saturated carbocycles. The summed E-state index contributed by atoms with van der Waals surface area (Å²) in [5, 5.41) is 22.1. The quantitative estimate of drug-likeness (QED) is 0.390. The van der Waals surface area contributed by atoms with E-state index in [-0.39, 0.29) is 5.82 Å². The molecule has 3 aromatic rings. The van der Waals surface area contributed by atoms with Gasteiger partial charge in [0.15, 0.2) is 5.52 Å². The van der Waals surface area contributed by atoms with Gasteiger partial charge in [0.1, 0.15) is 0 Å². The van der Waals surface area contributed by atoms with E-state index < -0.39 is 0 Å². The maximum absolute atomic E-state index is 12.1. The first-order valence-corrected chi connectivity index (χ1v) is 5.11. The van der Waals surface area contributed by atoms with Crippen LogP contribution in [0.3, 0.4) is 0 Å². The normalized spacial score (nSPS) is 10.8. The van der Waals surface area contributed by atoms with Crippen LogP contribution in [-0.2, 0) is 0 Å². The molecule has 17 heavy (non-hydrogen) atoms. The molecule has 5 heteroatoms. The maximum Gasteiger partial charge on any atom is 0.332 e. The average molecular weight is 227 g/mol. The molecule has 2 aromatic heterocycles. The summed E-state index contributed by atoms with van der Waals surface area (Å²) in [6, 6.07) is 10.2. The average Bonchev–Trinajstić information content (AvgIpc) is 2.64. The Hall–Kier alpha value is -2.56. The van der Waals surface area contributed by atoms with Gasteiger partial charge in [-0.25, -0.2) is 4.73 Å². The SMILES string of the molecule is [O-][n+]1c(-c2ccncc2)n(O)c2ccccc21. The molecule has 2 heterocycles. The van der Waals surface area contributed by atoms with Crippen LogP contribution in [0.25, 0.3) is 22.4 Å². The van der Waals surface area contributed by atoms with E-state index in [4.69, 9.17) is 0 Å². The van der Waals surface area contributed by atoms with Crippen molar-refractivity contribution in [2.75, 3.05) is 0 Å². The highest BCUT2D eigenvalue weighted by Gasteiger charge is 2.22. The number of fused-ring (bicyclic) bond motifs is 1. The van der Waals surface area contributed by atoms with Crippen LogP contribution in [0.2, 0.25) is 0 Å². The number of pyridine rings is 1. The molecule has 0 aliphatic rings. The summed E-state index contributed by atoms with van der Waals surface area (Å²) in [6.07, 6.45) is 3.15. The number of rotatable bonds is 1. The third-order valence-electron chi connectivity index (χ3n) is 2.66. The van der Waals surface area contributed by atoms with E-state index in [9.17, 15) is 10.4 Å². The van der Waals surface area contributed by atoms with Crippen molar-refractivity contribution in [2.45, 2.75) is 0 Å². The van der Waals surface area contributed by atoms with E-state index in [1.807, 2.05) is 0 Å². The summed E-state index contributed by atoms with van der Waals surface area (Å²) in [6.45, 7) is 0. The number of para-hydroxylation sites is 2. The minimum atomic E-state index is 0.189. The van der Waals surface area contributed by atoms with Crippen LogP contribution in [0.1, 0.15) is 0 Å². The Balaban J connectivity index is 2.38. The van der Waals surface area contributed by atoms with Gasteiger partial charge in [-0.2, -0.15) is 0 Å². The summed E-state index contributed by atoms with van der Waals surface area (Å²) < 4.78 is 1.61. The molecular formula is C12H9N3O2. The lowest BCUT2D eigenvalue weighted by molar-refractivity contribution is -0.567. The van der Waals surface area contributed by atoms with Crippen molar-refractivity contribution in [3.63, 3.8) is 0 Å². The number of hydrogen-bond acceptors (Lipinski definition) is 3. The highest BCUT2D eigenvalue weighted by molar-refractivity contribution is 5.75. The van der Waals surface area contributed by atoms with Crippen LogP contribution in [0.5, 0.6) is 0 Å². The Morgan fingerprint density at radius 2 is 1.82 bits per heavy atom. The summed E-state index contributed by atoms with van der Waals surface area (Å²) >= 11 is 0. The fourth-order valence-corrected chi connectivity index (χ4v) is 1.87. The second kappa shape index (κ2) is 3.48. The molecular weight excluding hydrogens is 218 g/mol. The van der Waals surface area contributed by atoms with Crippen LogP contribution >= 0.6 is 0 Å². The molecule has 84 valence electrons. The van der Waals surface area contributed by atoms with Crippen molar-refractivity contribution in [1.82, 2.24) is 9.71 Å². The van der Waals surface area contributed by atoms with E-state index >= 15 is 0 Å². The van der Waals surface area contributed by atoms with Crippen molar-refractivity contribution in [1.29, 1.82) is 0 Å². The van der Waals surface area contributed by atoms with Gasteiger partial charge in [0.05, 0.1) is 5.56 Å². The maximum atomic E-state index is 12.1. The van der Waals surface area contributed by atoms with Crippen molar-refractivity contribution < 1.29 is 9.94 Å². The van der Waals surface area contributed by atoms with Crippen molar-refractivity contribution in [3.05, 3.63) is 54.0 Å². The molecule has 0 fully saturated rings. The molecule has 1 N–H and O–H groups in total. The number of nitrogens with zero attached hydrogens (tertiary/aromatic N) is 3. The van der Waals surface area contributed by atoms with E-state index in [0.29, 0.717) is 21.3 Å². The lowest BCUT2D eigenvalue weighted by Crippen LogP contribution is -2.28. The minimum Gasteiger partial charge on any atom is -0.710 e. The van der Waals surface area contributed by atoms with Gasteiger partial charge >= 0.3 is 5.82 Å². The van der Waals surface area contributed by atoms with Gasteiger partial charge in [-0.15, -0.1) is 0 Å². The Morgan fingerprint density at radius 1 is 1.12 bits per heavy atom. The van der Waals surface area contributed by atoms with Gasteiger partial charge in [0, 0.05) is 12.4 Å². The first kappa shape index (κ1) is 9.65. The van der Waals surface area contributed by atoms with Crippen LogP contribution in [0.15, 0.2) is 48.8 Å². The molecule has 0 bridgehead atoms. The van der Waals surface area contributed by atoms with Gasteiger partial charge in [0.2, 0.25) is 5.52 Å². The number of aromatic nitrogens is 3. The zero-order valence-corrected chi connectivity index (χ0v) is 8.82. The molecule has 0 atom stereocenters. The lowest BCUT2D eigenvalue weighted by atomic mass is 10.2. The van der Waals surface area contributed by atoms with E-state index in [1.165, 1.54) is 0 Å². The number of imidazole rings is 1. The van der Waals surface area contributed by atoms with Crippen molar-refractivity contribution in [2.24, 2.45) is 0 Å². The lowest BCUT2D eigenvalue weighted by Gasteiger charge is -2.02. The number of benzene rings is 1. The highest BCUT2D eigenvalue weighted by atomic mass is 16.5. The zero-order chi connectivity index (χ0) is 11.8. The van der Waals surface area contributed by atoms with E-state index in [0.717, 1.165) is 4.73 Å². The topological polar surface area (TPSA) is 65.0 Å². The first-order chi connectivity index (χ1) is 8.29. The third kappa shape index (κ3) is 1.32. The summed E-state index contributed by atoms with van der Waals surface area (Å²) in [4.78, 5) is 3.88. The van der Waals surface area contributed by atoms with Crippen molar-refractivity contribution in [3.8, 4) is 11.4 Å². The zero-order valence-electron chi connectivity index (χ0n) is 8.82. The van der Waals surface area contributed by atoms with Gasteiger partial charge in [0.25, 0.3) is 0 Å². The minimum absolute atomic E-state index is 0.189. The molecule has 5 nitrogen and oxygen atoms in total. The predicted molar refractivity (Wildman–Crippen MR) is 61.3 cm³/mol. The second-order valence-corrected chi connectivity index (χ2v) is 3.65. The molecule has 0 unspecified atom stereocenters. The Kier molecular flexibility index (Phi) is 1.98. The molecule has 3 rings (SSSR count). The Labute approximate surface area is 96.7 Å². The molecule has 1 aromatic carbocycles. The molecule has 0 spiro atoms. The summed E-state index contributed by atoms with van der Waals surface area (Å²) in [7, 11) is 0. The third-order valence-corrected chi connectivity index (χ3v) is 2.66. The van der Waals surface area contributed by atoms with Crippen molar-refractivity contribution >= 4 is 11.0 Å². The van der Waals surface area contributed by atoms with E-state index in [2.05, 4.69) is 4.98 Å². The van der Waals surface area contributed by atoms with Gasteiger partial charge in [-0.1, -0.05) is 12.1 Å². The first-order valence-electron chi connectivity index (χ1n) is 5.11. The Morgan fingerprint density at radius 3 is 2.53 bits per heavy atom.